The summed E-state index contributed by atoms with van der Waals surface area (Å²) < 4.78 is 22.9. The summed E-state index contributed by atoms with van der Waals surface area (Å²) in [5.41, 5.74) is 2.13. The normalized spacial score (nSPS) is 14.6. The second-order valence-corrected chi connectivity index (χ2v) is 7.61. The second-order valence-electron chi connectivity index (χ2n) is 5.01. The third kappa shape index (κ3) is 2.87. The number of sulfone groups is 1. The molecule has 1 unspecified atom stereocenters. The highest BCUT2D eigenvalue weighted by molar-refractivity contribution is 7.92. The number of aryl methyl sites for hydroxylation is 1. The van der Waals surface area contributed by atoms with Crippen molar-refractivity contribution in [1.29, 1.82) is 0 Å². The average Bonchev–Trinajstić information content (AvgIpc) is 2.16. The molecule has 1 N–H and O–H groups in total. The minimum absolute atomic E-state index is 0.211. The molecule has 1 aromatic rings. The molecule has 0 fully saturated rings. The predicted octanol–water partition coefficient (Wildman–Crippen LogP) is 2.08. The van der Waals surface area contributed by atoms with Crippen LogP contribution in [0.3, 0.4) is 0 Å². The molecule has 0 aliphatic carbocycles. The van der Waals surface area contributed by atoms with E-state index < -0.39 is 14.6 Å². The monoisotopic (exact) mass is 255 g/mol. The Balaban J connectivity index is 3.26. The Morgan fingerprint density at radius 2 is 1.88 bits per heavy atom. The highest BCUT2D eigenvalue weighted by Gasteiger charge is 2.39. The molecule has 4 heteroatoms. The summed E-state index contributed by atoms with van der Waals surface area (Å²) >= 11 is 0. The van der Waals surface area contributed by atoms with E-state index in [0.717, 1.165) is 11.1 Å². The summed E-state index contributed by atoms with van der Waals surface area (Å²) in [6.07, 6.45) is 1.28. The van der Waals surface area contributed by atoms with Crippen molar-refractivity contribution in [2.45, 2.75) is 31.6 Å². The van der Waals surface area contributed by atoms with E-state index in [9.17, 15) is 8.42 Å². The number of hydrogen-bond donors (Lipinski definition) is 1. The van der Waals surface area contributed by atoms with Gasteiger partial charge in [0.2, 0.25) is 0 Å². The first kappa shape index (κ1) is 14.2. The second kappa shape index (κ2) is 4.78. The van der Waals surface area contributed by atoms with Gasteiger partial charge in [0.25, 0.3) is 0 Å². The van der Waals surface area contributed by atoms with Gasteiger partial charge in [-0.1, -0.05) is 29.8 Å². The van der Waals surface area contributed by atoms with Crippen LogP contribution in [0.25, 0.3) is 0 Å². The van der Waals surface area contributed by atoms with Crippen LogP contribution in [0.4, 0.5) is 0 Å². The molecule has 0 heterocycles. The largest absolute Gasteiger partial charge is 0.312 e. The molecular weight excluding hydrogens is 234 g/mol. The summed E-state index contributed by atoms with van der Waals surface area (Å²) in [6, 6.07) is 7.73. The zero-order valence-corrected chi connectivity index (χ0v) is 11.9. The van der Waals surface area contributed by atoms with E-state index in [4.69, 9.17) is 0 Å². The number of rotatable bonds is 4. The molecule has 3 nitrogen and oxygen atoms in total. The minimum Gasteiger partial charge on any atom is -0.312 e. The van der Waals surface area contributed by atoms with Crippen LogP contribution in [0.15, 0.2) is 24.3 Å². The van der Waals surface area contributed by atoms with Gasteiger partial charge < -0.3 is 5.32 Å². The molecule has 0 amide bonds. The van der Waals surface area contributed by atoms with Gasteiger partial charge in [0.1, 0.15) is 0 Å². The molecule has 0 spiro atoms. The summed E-state index contributed by atoms with van der Waals surface area (Å²) in [4.78, 5) is 0. The number of nitrogens with one attached hydrogen (secondary N) is 1. The van der Waals surface area contributed by atoms with Crippen molar-refractivity contribution in [1.82, 2.24) is 5.32 Å². The fourth-order valence-corrected chi connectivity index (χ4v) is 2.66. The Hall–Kier alpha value is -0.870. The minimum atomic E-state index is -3.14. The lowest BCUT2D eigenvalue weighted by Crippen LogP contribution is -2.43. The van der Waals surface area contributed by atoms with Gasteiger partial charge in [0.15, 0.2) is 9.84 Å². The highest BCUT2D eigenvalue weighted by Crippen LogP contribution is 2.32. The van der Waals surface area contributed by atoms with Crippen LogP contribution in [0, 0.1) is 6.92 Å². The summed E-state index contributed by atoms with van der Waals surface area (Å²) in [5, 5.41) is 3.11. The lowest BCUT2D eigenvalue weighted by molar-refractivity contribution is 0.446. The van der Waals surface area contributed by atoms with E-state index in [2.05, 4.69) is 5.32 Å². The van der Waals surface area contributed by atoms with E-state index in [1.54, 1.807) is 20.9 Å². The molecule has 1 rings (SSSR count). The van der Waals surface area contributed by atoms with E-state index in [1.165, 1.54) is 6.26 Å². The Morgan fingerprint density at radius 1 is 1.29 bits per heavy atom. The first-order valence-electron chi connectivity index (χ1n) is 5.63. The van der Waals surface area contributed by atoms with Crippen LogP contribution in [0.5, 0.6) is 0 Å². The van der Waals surface area contributed by atoms with Gasteiger partial charge in [-0.05, 0) is 33.4 Å². The number of benzene rings is 1. The Morgan fingerprint density at radius 3 is 2.29 bits per heavy atom. The third-order valence-corrected chi connectivity index (χ3v) is 5.46. The van der Waals surface area contributed by atoms with Crippen LogP contribution in [-0.4, -0.2) is 26.5 Å². The van der Waals surface area contributed by atoms with Gasteiger partial charge in [-0.2, -0.15) is 0 Å². The van der Waals surface area contributed by atoms with Gasteiger partial charge in [-0.3, -0.25) is 0 Å². The maximum absolute atomic E-state index is 11.9. The van der Waals surface area contributed by atoms with Gasteiger partial charge in [-0.25, -0.2) is 8.42 Å². The van der Waals surface area contributed by atoms with E-state index in [-0.39, 0.29) is 6.04 Å². The van der Waals surface area contributed by atoms with Gasteiger partial charge in [0, 0.05) is 6.26 Å². The molecule has 1 atom stereocenters. The molecular formula is C13H21NO2S. The summed E-state index contributed by atoms with van der Waals surface area (Å²) in [5.74, 6) is 0. The van der Waals surface area contributed by atoms with Crippen molar-refractivity contribution < 1.29 is 8.42 Å². The molecule has 1 aromatic carbocycles. The summed E-state index contributed by atoms with van der Waals surface area (Å²) in [6.45, 7) is 5.52. The van der Waals surface area contributed by atoms with Crippen molar-refractivity contribution in [2.75, 3.05) is 13.3 Å². The van der Waals surface area contributed by atoms with Gasteiger partial charge in [0.05, 0.1) is 10.8 Å². The zero-order valence-electron chi connectivity index (χ0n) is 11.1. The Bertz CT molecular complexity index is 492. The lowest BCUT2D eigenvalue weighted by atomic mass is 9.94. The van der Waals surface area contributed by atoms with Crippen molar-refractivity contribution >= 4 is 9.84 Å². The maximum Gasteiger partial charge on any atom is 0.154 e. The van der Waals surface area contributed by atoms with Crippen LogP contribution in [0.1, 0.15) is 31.0 Å². The van der Waals surface area contributed by atoms with Gasteiger partial charge in [-0.15, -0.1) is 0 Å². The quantitative estimate of drug-likeness (QED) is 0.896. The van der Waals surface area contributed by atoms with Crippen molar-refractivity contribution in [2.24, 2.45) is 0 Å². The van der Waals surface area contributed by atoms with E-state index >= 15 is 0 Å². The fraction of sp³-hybridized carbons (Fsp3) is 0.538. The third-order valence-electron chi connectivity index (χ3n) is 3.31. The molecule has 0 aromatic heterocycles. The molecule has 0 saturated heterocycles. The van der Waals surface area contributed by atoms with Crippen molar-refractivity contribution in [3.8, 4) is 0 Å². The Labute approximate surface area is 104 Å². The zero-order chi connectivity index (χ0) is 13.3. The average molecular weight is 255 g/mol. The van der Waals surface area contributed by atoms with Crippen LogP contribution in [-0.2, 0) is 9.84 Å². The molecule has 0 saturated carbocycles. The van der Waals surface area contributed by atoms with Crippen molar-refractivity contribution in [3.63, 3.8) is 0 Å². The van der Waals surface area contributed by atoms with Crippen LogP contribution < -0.4 is 5.32 Å². The summed E-state index contributed by atoms with van der Waals surface area (Å²) in [7, 11) is -1.35. The smallest absolute Gasteiger partial charge is 0.154 e. The van der Waals surface area contributed by atoms with Crippen LogP contribution in [0.2, 0.25) is 0 Å². The first-order valence-corrected chi connectivity index (χ1v) is 7.52. The number of hydrogen-bond acceptors (Lipinski definition) is 3. The predicted molar refractivity (Wildman–Crippen MR) is 71.9 cm³/mol. The van der Waals surface area contributed by atoms with E-state index in [1.807, 2.05) is 31.2 Å². The van der Waals surface area contributed by atoms with Gasteiger partial charge >= 0.3 is 0 Å². The molecule has 0 aliphatic rings. The lowest BCUT2D eigenvalue weighted by Gasteiger charge is -2.33. The molecule has 17 heavy (non-hydrogen) atoms. The maximum atomic E-state index is 11.9. The van der Waals surface area contributed by atoms with Crippen LogP contribution >= 0.6 is 0 Å². The molecule has 96 valence electrons. The topological polar surface area (TPSA) is 46.2 Å². The standard InChI is InChI=1S/C13H21NO2S/c1-10-7-6-8-11(9-10)12(14-4)13(2,3)17(5,15)16/h6-9,12,14H,1-5H3. The fourth-order valence-electron chi connectivity index (χ4n) is 1.98. The highest BCUT2D eigenvalue weighted by atomic mass is 32.2. The molecule has 0 aliphatic heterocycles. The van der Waals surface area contributed by atoms with Crippen molar-refractivity contribution in [3.05, 3.63) is 35.4 Å². The Kier molecular flexibility index (Phi) is 3.99. The molecule has 0 bridgehead atoms. The van der Waals surface area contributed by atoms with E-state index in [0.29, 0.717) is 0 Å². The first-order chi connectivity index (χ1) is 7.70. The SMILES string of the molecule is CNC(c1cccc(C)c1)C(C)(C)S(C)(=O)=O. The molecule has 0 radical (unpaired) electrons.